The Morgan fingerprint density at radius 2 is 2.27 bits per heavy atom. The average molecular weight is 367 g/mol. The van der Waals surface area contributed by atoms with Crippen LogP contribution >= 0.6 is 15.9 Å². The zero-order valence-corrected chi connectivity index (χ0v) is 13.5. The number of nitrogens with zero attached hydrogens (tertiary/aromatic N) is 2. The molecule has 0 fully saturated rings. The summed E-state index contributed by atoms with van der Waals surface area (Å²) in [6, 6.07) is 7.08. The van der Waals surface area contributed by atoms with Crippen molar-refractivity contribution in [3.8, 4) is 0 Å². The average Bonchev–Trinajstić information content (AvgIpc) is 3.17. The molecule has 6 nitrogen and oxygen atoms in total. The summed E-state index contributed by atoms with van der Waals surface area (Å²) in [5, 5.41) is 9.21. The topological polar surface area (TPSA) is 71.8 Å². The molecule has 0 unspecified atom stereocenters. The van der Waals surface area contributed by atoms with Crippen LogP contribution in [0.25, 0.3) is 11.1 Å². The van der Waals surface area contributed by atoms with Crippen molar-refractivity contribution in [3.63, 3.8) is 0 Å². The summed E-state index contributed by atoms with van der Waals surface area (Å²) in [6.45, 7) is 0.428. The maximum Gasteiger partial charge on any atom is 0.271 e. The molecule has 0 aliphatic rings. The predicted molar refractivity (Wildman–Crippen MR) is 83.4 cm³/mol. The number of aromatic nitrogens is 1. The molecule has 0 spiro atoms. The summed E-state index contributed by atoms with van der Waals surface area (Å²) < 4.78 is 13.2. The van der Waals surface area contributed by atoms with E-state index in [-0.39, 0.29) is 19.1 Å². The Morgan fingerprint density at radius 1 is 1.45 bits per heavy atom. The Balaban J connectivity index is 1.90. The van der Waals surface area contributed by atoms with E-state index in [1.54, 1.807) is 33.9 Å². The highest BCUT2D eigenvalue weighted by atomic mass is 79.9. The molecular weight excluding hydrogens is 352 g/mol. The molecule has 3 heterocycles. The number of hydrogen-bond donors (Lipinski definition) is 1. The second kappa shape index (κ2) is 6.02. The van der Waals surface area contributed by atoms with Gasteiger partial charge < -0.3 is 23.4 Å². The molecule has 3 aromatic rings. The van der Waals surface area contributed by atoms with Crippen molar-refractivity contribution < 1.29 is 18.7 Å². The summed E-state index contributed by atoms with van der Waals surface area (Å²) in [7, 11) is 1.81. The third-order valence-corrected chi connectivity index (χ3v) is 3.89. The molecule has 0 aliphatic heterocycles. The molecule has 116 valence electrons. The van der Waals surface area contributed by atoms with Gasteiger partial charge >= 0.3 is 0 Å². The number of amides is 1. The molecule has 0 atom stereocenters. The monoisotopic (exact) mass is 366 g/mol. The van der Waals surface area contributed by atoms with Crippen LogP contribution in [0.4, 0.5) is 0 Å². The third kappa shape index (κ3) is 2.69. The van der Waals surface area contributed by atoms with Gasteiger partial charge in [-0.15, -0.1) is 0 Å². The van der Waals surface area contributed by atoms with Crippen LogP contribution in [0.15, 0.2) is 44.0 Å². The van der Waals surface area contributed by atoms with Crippen molar-refractivity contribution in [1.29, 1.82) is 0 Å². The molecule has 0 bridgehead atoms. The first-order valence-corrected chi connectivity index (χ1v) is 7.56. The Labute approximate surface area is 135 Å². The second-order valence-corrected chi connectivity index (χ2v) is 5.70. The number of aryl methyl sites for hydroxylation is 1. The molecule has 0 aromatic carbocycles. The summed E-state index contributed by atoms with van der Waals surface area (Å²) in [5.74, 6) is 0.484. The first-order chi connectivity index (χ1) is 10.6. The zero-order chi connectivity index (χ0) is 15.7. The fourth-order valence-electron chi connectivity index (χ4n) is 2.41. The van der Waals surface area contributed by atoms with E-state index in [1.807, 2.05) is 13.1 Å². The van der Waals surface area contributed by atoms with Gasteiger partial charge in [-0.1, -0.05) is 0 Å². The minimum atomic E-state index is -0.185. The first-order valence-electron chi connectivity index (χ1n) is 6.77. The Hall–Kier alpha value is -1.99. The van der Waals surface area contributed by atoms with E-state index in [2.05, 4.69) is 15.9 Å². The van der Waals surface area contributed by atoms with Crippen LogP contribution in [0.2, 0.25) is 0 Å². The number of aliphatic hydroxyl groups excluding tert-OH is 1. The molecule has 1 N–H and O–H groups in total. The number of carbonyl (C=O) groups is 1. The van der Waals surface area contributed by atoms with Crippen molar-refractivity contribution in [2.75, 3.05) is 13.2 Å². The van der Waals surface area contributed by atoms with Gasteiger partial charge in [-0.05, 0) is 28.1 Å². The van der Waals surface area contributed by atoms with E-state index in [0.29, 0.717) is 28.3 Å². The van der Waals surface area contributed by atoms with Gasteiger partial charge in [-0.2, -0.15) is 0 Å². The van der Waals surface area contributed by atoms with Crippen LogP contribution in [0.1, 0.15) is 16.2 Å². The molecule has 0 radical (unpaired) electrons. The number of rotatable bonds is 5. The van der Waals surface area contributed by atoms with E-state index in [4.69, 9.17) is 8.83 Å². The highest BCUT2D eigenvalue weighted by molar-refractivity contribution is 9.10. The van der Waals surface area contributed by atoms with E-state index in [0.717, 1.165) is 5.52 Å². The van der Waals surface area contributed by atoms with Gasteiger partial charge in [0, 0.05) is 25.7 Å². The Kier molecular flexibility index (Phi) is 4.08. The van der Waals surface area contributed by atoms with E-state index in [9.17, 15) is 9.90 Å². The Morgan fingerprint density at radius 3 is 2.91 bits per heavy atom. The molecule has 3 aromatic heterocycles. The number of fused-ring (bicyclic) bond motifs is 1. The standard InChI is InChI=1S/C15H15BrN2O4/c1-17-11-8-14(16)22-13(11)7-12(17)15(20)18(4-5-19)9-10-3-2-6-21-10/h2-3,6-8,19H,4-5,9H2,1H3. The smallest absolute Gasteiger partial charge is 0.271 e. The number of halogens is 1. The number of hydrogen-bond acceptors (Lipinski definition) is 4. The molecule has 0 saturated heterocycles. The van der Waals surface area contributed by atoms with Gasteiger partial charge in [0.25, 0.3) is 5.91 Å². The highest BCUT2D eigenvalue weighted by Crippen LogP contribution is 2.26. The quantitative estimate of drug-likeness (QED) is 0.753. The number of furan rings is 2. The lowest BCUT2D eigenvalue weighted by Crippen LogP contribution is -2.34. The largest absolute Gasteiger partial charge is 0.467 e. The van der Waals surface area contributed by atoms with Crippen LogP contribution in [0.3, 0.4) is 0 Å². The van der Waals surface area contributed by atoms with Gasteiger partial charge in [0.2, 0.25) is 0 Å². The zero-order valence-electron chi connectivity index (χ0n) is 12.0. The van der Waals surface area contributed by atoms with Gasteiger partial charge in [0.05, 0.1) is 24.9 Å². The summed E-state index contributed by atoms with van der Waals surface area (Å²) >= 11 is 3.27. The molecular formula is C15H15BrN2O4. The van der Waals surface area contributed by atoms with Crippen molar-refractivity contribution in [2.24, 2.45) is 7.05 Å². The molecule has 3 rings (SSSR count). The number of carbonyl (C=O) groups excluding carboxylic acids is 1. The minimum Gasteiger partial charge on any atom is -0.467 e. The van der Waals surface area contributed by atoms with Crippen LogP contribution < -0.4 is 0 Å². The Bertz CT molecular complexity index is 788. The van der Waals surface area contributed by atoms with Gasteiger partial charge in [-0.25, -0.2) is 0 Å². The molecule has 0 aliphatic carbocycles. The van der Waals surface area contributed by atoms with Crippen molar-refractivity contribution >= 4 is 32.9 Å². The lowest BCUT2D eigenvalue weighted by atomic mass is 10.3. The SMILES string of the molecule is Cn1c(C(=O)N(CCO)Cc2ccco2)cc2oc(Br)cc21. The minimum absolute atomic E-state index is 0.113. The first kappa shape index (κ1) is 14.9. The molecule has 22 heavy (non-hydrogen) atoms. The summed E-state index contributed by atoms with van der Waals surface area (Å²) in [6.07, 6.45) is 1.56. The van der Waals surface area contributed by atoms with Gasteiger partial charge in [-0.3, -0.25) is 4.79 Å². The maximum atomic E-state index is 12.7. The maximum absolute atomic E-state index is 12.7. The van der Waals surface area contributed by atoms with Crippen molar-refractivity contribution in [2.45, 2.75) is 6.54 Å². The molecule has 0 saturated carbocycles. The van der Waals surface area contributed by atoms with Gasteiger partial charge in [0.15, 0.2) is 10.3 Å². The number of aliphatic hydroxyl groups is 1. The van der Waals surface area contributed by atoms with E-state index < -0.39 is 0 Å². The van der Waals surface area contributed by atoms with Crippen LogP contribution in [-0.2, 0) is 13.6 Å². The van der Waals surface area contributed by atoms with Crippen LogP contribution in [0, 0.1) is 0 Å². The van der Waals surface area contributed by atoms with Gasteiger partial charge in [0.1, 0.15) is 11.5 Å². The van der Waals surface area contributed by atoms with Crippen molar-refractivity contribution in [1.82, 2.24) is 9.47 Å². The van der Waals surface area contributed by atoms with E-state index in [1.165, 1.54) is 0 Å². The molecule has 7 heteroatoms. The van der Waals surface area contributed by atoms with Crippen LogP contribution in [0.5, 0.6) is 0 Å². The highest BCUT2D eigenvalue weighted by Gasteiger charge is 2.22. The van der Waals surface area contributed by atoms with Crippen molar-refractivity contribution in [3.05, 3.63) is 46.7 Å². The fraction of sp³-hybridized carbons (Fsp3) is 0.267. The summed E-state index contributed by atoms with van der Waals surface area (Å²) in [4.78, 5) is 14.3. The normalized spacial score (nSPS) is 11.2. The lowest BCUT2D eigenvalue weighted by molar-refractivity contribution is 0.0685. The third-order valence-electron chi connectivity index (χ3n) is 3.50. The molecule has 1 amide bonds. The second-order valence-electron chi connectivity index (χ2n) is 4.92. The predicted octanol–water partition coefficient (Wildman–Crippen LogP) is 2.76. The lowest BCUT2D eigenvalue weighted by Gasteiger charge is -2.20. The van der Waals surface area contributed by atoms with E-state index >= 15 is 0 Å². The van der Waals surface area contributed by atoms with Crippen LogP contribution in [-0.4, -0.2) is 33.6 Å². The fourth-order valence-corrected chi connectivity index (χ4v) is 2.80. The summed E-state index contributed by atoms with van der Waals surface area (Å²) in [5.41, 5.74) is 1.97.